The van der Waals surface area contributed by atoms with Gasteiger partial charge >= 0.3 is 12.1 Å². The first-order valence-corrected chi connectivity index (χ1v) is 6.69. The molecule has 0 saturated carbocycles. The van der Waals surface area contributed by atoms with Crippen molar-refractivity contribution in [3.8, 4) is 0 Å². The quantitative estimate of drug-likeness (QED) is 0.797. The molecule has 1 aliphatic heterocycles. The first kappa shape index (κ1) is 16.5. The minimum absolute atomic E-state index is 0.293. The van der Waals surface area contributed by atoms with Crippen LogP contribution in [0, 0.1) is 0 Å². The van der Waals surface area contributed by atoms with Gasteiger partial charge in [-0.1, -0.05) is 12.2 Å². The molecule has 0 aromatic rings. The van der Waals surface area contributed by atoms with Gasteiger partial charge in [-0.25, -0.2) is 9.59 Å². The Morgan fingerprint density at radius 1 is 1.35 bits per heavy atom. The van der Waals surface area contributed by atoms with Gasteiger partial charge in [0, 0.05) is 26.2 Å². The number of carbonyl (C=O) groups excluding carboxylic acids is 1. The van der Waals surface area contributed by atoms with Gasteiger partial charge in [-0.05, 0) is 27.7 Å². The van der Waals surface area contributed by atoms with Crippen molar-refractivity contribution in [1.29, 1.82) is 0 Å². The predicted molar refractivity (Wildman–Crippen MR) is 75.6 cm³/mol. The minimum atomic E-state index is -1.01. The Morgan fingerprint density at radius 3 is 2.40 bits per heavy atom. The Kier molecular flexibility index (Phi) is 5.16. The van der Waals surface area contributed by atoms with Crippen molar-refractivity contribution in [3.63, 3.8) is 0 Å². The van der Waals surface area contributed by atoms with Gasteiger partial charge in [0.15, 0.2) is 0 Å². The summed E-state index contributed by atoms with van der Waals surface area (Å²) in [7, 11) is 0. The molecule has 1 amide bonds. The lowest BCUT2D eigenvalue weighted by Crippen LogP contribution is -2.59. The van der Waals surface area contributed by atoms with Crippen molar-refractivity contribution in [3.05, 3.63) is 12.2 Å². The standard InChI is InChI=1S/C14H24N2O4/c1-10(2)8-15-6-7-16(11(9-15)12(17)18)13(19)20-14(3,4)5/h11H,1,6-9H2,2-5H3,(H,17,18)/t11-/m1/s1. The second-order valence-electron chi connectivity index (χ2n) is 6.22. The fraction of sp³-hybridized carbons (Fsp3) is 0.714. The molecule has 1 atom stereocenters. The van der Waals surface area contributed by atoms with Crippen LogP contribution in [-0.4, -0.2) is 64.8 Å². The Morgan fingerprint density at radius 2 is 1.95 bits per heavy atom. The van der Waals surface area contributed by atoms with E-state index in [2.05, 4.69) is 6.58 Å². The first-order valence-electron chi connectivity index (χ1n) is 6.69. The average Bonchev–Trinajstić information content (AvgIpc) is 2.25. The normalized spacial score (nSPS) is 20.6. The largest absolute Gasteiger partial charge is 0.480 e. The number of hydrogen-bond acceptors (Lipinski definition) is 4. The van der Waals surface area contributed by atoms with E-state index in [-0.39, 0.29) is 0 Å². The summed E-state index contributed by atoms with van der Waals surface area (Å²) in [6.07, 6.45) is -0.570. The monoisotopic (exact) mass is 284 g/mol. The van der Waals surface area contributed by atoms with Gasteiger partial charge in [-0.15, -0.1) is 0 Å². The summed E-state index contributed by atoms with van der Waals surface area (Å²) in [4.78, 5) is 26.7. The van der Waals surface area contributed by atoms with E-state index in [1.165, 1.54) is 4.90 Å². The van der Waals surface area contributed by atoms with Crippen LogP contribution in [0.2, 0.25) is 0 Å². The zero-order valence-electron chi connectivity index (χ0n) is 12.7. The maximum absolute atomic E-state index is 12.1. The third-order valence-corrected chi connectivity index (χ3v) is 2.87. The summed E-state index contributed by atoms with van der Waals surface area (Å²) in [5, 5.41) is 9.31. The summed E-state index contributed by atoms with van der Waals surface area (Å²) in [5.74, 6) is -1.01. The summed E-state index contributed by atoms with van der Waals surface area (Å²) in [5.41, 5.74) is 0.342. The number of piperazine rings is 1. The van der Waals surface area contributed by atoms with E-state index < -0.39 is 23.7 Å². The number of rotatable bonds is 3. The lowest BCUT2D eigenvalue weighted by molar-refractivity contribution is -0.145. The second-order valence-corrected chi connectivity index (χ2v) is 6.22. The summed E-state index contributed by atoms with van der Waals surface area (Å²) >= 11 is 0. The van der Waals surface area contributed by atoms with Crippen LogP contribution in [0.1, 0.15) is 27.7 Å². The number of carboxylic acid groups (broad SMARTS) is 1. The lowest BCUT2D eigenvalue weighted by atomic mass is 10.1. The highest BCUT2D eigenvalue weighted by molar-refractivity contribution is 5.80. The molecule has 1 N–H and O–H groups in total. The molecule has 6 heteroatoms. The van der Waals surface area contributed by atoms with E-state index in [4.69, 9.17) is 4.74 Å². The number of carboxylic acids is 1. The molecule has 6 nitrogen and oxygen atoms in total. The van der Waals surface area contributed by atoms with E-state index in [1.54, 1.807) is 20.8 Å². The van der Waals surface area contributed by atoms with Crippen LogP contribution < -0.4 is 0 Å². The molecule has 0 aliphatic carbocycles. The van der Waals surface area contributed by atoms with Gasteiger partial charge in [-0.3, -0.25) is 9.80 Å². The van der Waals surface area contributed by atoms with Crippen molar-refractivity contribution in [2.45, 2.75) is 39.3 Å². The van der Waals surface area contributed by atoms with Crippen molar-refractivity contribution in [2.24, 2.45) is 0 Å². The predicted octanol–water partition coefficient (Wildman–Crippen LogP) is 1.57. The lowest BCUT2D eigenvalue weighted by Gasteiger charge is -2.39. The molecular formula is C14H24N2O4. The summed E-state index contributed by atoms with van der Waals surface area (Å²) in [6, 6.07) is -0.877. The number of ether oxygens (including phenoxy) is 1. The Labute approximate surface area is 120 Å². The molecule has 0 unspecified atom stereocenters. The first-order chi connectivity index (χ1) is 9.10. The van der Waals surface area contributed by atoms with Gasteiger partial charge in [0.2, 0.25) is 0 Å². The molecule has 1 saturated heterocycles. The molecule has 20 heavy (non-hydrogen) atoms. The van der Waals surface area contributed by atoms with Crippen LogP contribution >= 0.6 is 0 Å². The zero-order valence-corrected chi connectivity index (χ0v) is 12.7. The number of nitrogens with zero attached hydrogens (tertiary/aromatic N) is 2. The number of amides is 1. The minimum Gasteiger partial charge on any atom is -0.480 e. The molecule has 0 aromatic carbocycles. The van der Waals surface area contributed by atoms with E-state index in [0.29, 0.717) is 26.2 Å². The Bertz CT molecular complexity index is 400. The van der Waals surface area contributed by atoms with Crippen molar-refractivity contribution in [2.75, 3.05) is 26.2 Å². The van der Waals surface area contributed by atoms with Crippen LogP contribution in [0.3, 0.4) is 0 Å². The highest BCUT2D eigenvalue weighted by Crippen LogP contribution is 2.16. The van der Waals surface area contributed by atoms with Crippen LogP contribution in [0.15, 0.2) is 12.2 Å². The molecule has 1 rings (SSSR count). The van der Waals surface area contributed by atoms with E-state index in [9.17, 15) is 14.7 Å². The fourth-order valence-electron chi connectivity index (χ4n) is 2.12. The molecule has 114 valence electrons. The number of hydrogen-bond donors (Lipinski definition) is 1. The Hall–Kier alpha value is -1.56. The van der Waals surface area contributed by atoms with E-state index in [0.717, 1.165) is 5.57 Å². The van der Waals surface area contributed by atoms with Crippen molar-refractivity contribution >= 4 is 12.1 Å². The maximum atomic E-state index is 12.1. The maximum Gasteiger partial charge on any atom is 0.411 e. The smallest absolute Gasteiger partial charge is 0.411 e. The fourth-order valence-corrected chi connectivity index (χ4v) is 2.12. The molecule has 0 radical (unpaired) electrons. The second kappa shape index (κ2) is 6.26. The third kappa shape index (κ3) is 4.85. The topological polar surface area (TPSA) is 70.1 Å². The van der Waals surface area contributed by atoms with Gasteiger partial charge in [0.25, 0.3) is 0 Å². The molecule has 0 spiro atoms. The van der Waals surface area contributed by atoms with E-state index in [1.807, 2.05) is 11.8 Å². The molecule has 1 aliphatic rings. The average molecular weight is 284 g/mol. The van der Waals surface area contributed by atoms with Crippen LogP contribution in [0.5, 0.6) is 0 Å². The zero-order chi connectivity index (χ0) is 15.5. The molecular weight excluding hydrogens is 260 g/mol. The van der Waals surface area contributed by atoms with Crippen LogP contribution in [-0.2, 0) is 9.53 Å². The van der Waals surface area contributed by atoms with Gasteiger partial charge in [0.05, 0.1) is 0 Å². The van der Waals surface area contributed by atoms with Crippen molar-refractivity contribution < 1.29 is 19.4 Å². The highest BCUT2D eigenvalue weighted by Gasteiger charge is 2.37. The molecule has 0 aromatic heterocycles. The summed E-state index contributed by atoms with van der Waals surface area (Å²) < 4.78 is 5.26. The van der Waals surface area contributed by atoms with Gasteiger partial charge < -0.3 is 9.84 Å². The summed E-state index contributed by atoms with van der Waals surface area (Å²) in [6.45, 7) is 12.9. The Balaban J connectivity index is 2.75. The highest BCUT2D eigenvalue weighted by atomic mass is 16.6. The van der Waals surface area contributed by atoms with Crippen molar-refractivity contribution in [1.82, 2.24) is 9.80 Å². The van der Waals surface area contributed by atoms with E-state index >= 15 is 0 Å². The van der Waals surface area contributed by atoms with Gasteiger partial charge in [0.1, 0.15) is 11.6 Å². The molecule has 0 bridgehead atoms. The van der Waals surface area contributed by atoms with Gasteiger partial charge in [-0.2, -0.15) is 0 Å². The van der Waals surface area contributed by atoms with Crippen LogP contribution in [0.25, 0.3) is 0 Å². The number of aliphatic carboxylic acids is 1. The van der Waals surface area contributed by atoms with Crippen LogP contribution in [0.4, 0.5) is 4.79 Å². The SMILES string of the molecule is C=C(C)CN1CCN(C(=O)OC(C)(C)C)[C@@H](C(=O)O)C1. The molecule has 1 heterocycles. The third-order valence-electron chi connectivity index (χ3n) is 2.87. The molecule has 1 fully saturated rings. The number of carbonyl (C=O) groups is 2.